The first-order chi connectivity index (χ1) is 24.3. The lowest BCUT2D eigenvalue weighted by atomic mass is 9.73. The molecule has 0 radical (unpaired) electrons. The van der Waals surface area contributed by atoms with Crippen LogP contribution in [-0.4, -0.2) is 115 Å². The fourth-order valence-electron chi connectivity index (χ4n) is 8.29. The van der Waals surface area contributed by atoms with Crippen molar-refractivity contribution in [2.75, 3.05) is 21.2 Å². The van der Waals surface area contributed by atoms with Gasteiger partial charge in [-0.15, -0.1) is 0 Å². The van der Waals surface area contributed by atoms with Crippen LogP contribution in [0.2, 0.25) is 0 Å². The van der Waals surface area contributed by atoms with E-state index < -0.39 is 89.3 Å². The van der Waals surface area contributed by atoms with Crippen LogP contribution in [-0.2, 0) is 42.8 Å². The number of cyclic esters (lactones) is 1. The van der Waals surface area contributed by atoms with Gasteiger partial charge in [0, 0.05) is 24.9 Å². The van der Waals surface area contributed by atoms with Crippen molar-refractivity contribution < 1.29 is 52.4 Å². The SMILES string of the molecule is CC[C@H]1OC(=O)[C@H](C)C(=O)[C@H](C)[C@@H](O[C@@H]2O[C@H](C)C[C@H](N(C)C)[C@H]2OC(=O)c2ccccc2)[C@](C)(OC)C[C@@H](C)C(=O)[C@@H](C)[C@H]2N(N)C(=O)O[C@]12C. The van der Waals surface area contributed by atoms with E-state index in [1.54, 1.807) is 71.9 Å². The zero-order valence-corrected chi connectivity index (χ0v) is 32.3. The molecule has 14 heteroatoms. The number of likely N-dealkylation sites (N-methyl/N-ethyl adjacent to an activating group) is 1. The molecule has 1 aromatic rings. The standard InChI is InChI=1S/C38H57N3O11/c1-12-27-38(8)31(41(39)36(46)52-38)22(4)28(42)20(2)19-37(7,47-11)32(23(5)29(43)24(6)33(44)49-27)51-35-30(26(40(9)10)18-21(3)48-35)50-34(45)25-16-14-13-15-17-25/h13-17,20-24,26-27,30-32,35H,12,18-19,39H2,1-11H3/t20-,21-,22-,23+,24-,26+,27-,30-,31-,32-,35+,37-,38-/m1/s1. The van der Waals surface area contributed by atoms with Crippen molar-refractivity contribution in [1.29, 1.82) is 0 Å². The van der Waals surface area contributed by atoms with E-state index in [4.69, 9.17) is 34.3 Å². The summed E-state index contributed by atoms with van der Waals surface area (Å²) in [6.07, 6.45) is -4.60. The largest absolute Gasteiger partial charge is 0.458 e. The molecule has 0 aliphatic carbocycles. The van der Waals surface area contributed by atoms with E-state index in [0.717, 1.165) is 5.01 Å². The van der Waals surface area contributed by atoms with E-state index in [1.807, 2.05) is 25.9 Å². The lowest BCUT2D eigenvalue weighted by Gasteiger charge is -2.47. The second-order valence-electron chi connectivity index (χ2n) is 15.3. The molecule has 0 aromatic heterocycles. The number of Topliss-reactive ketones (excluding diaryl/α,β-unsaturated/α-hetero) is 2. The minimum atomic E-state index is -1.48. The number of carbonyl (C=O) groups excluding carboxylic acids is 5. The normalized spacial score (nSPS) is 39.4. The van der Waals surface area contributed by atoms with Crippen molar-refractivity contribution in [2.24, 2.45) is 29.5 Å². The summed E-state index contributed by atoms with van der Waals surface area (Å²) in [5.74, 6) is 0.240. The highest BCUT2D eigenvalue weighted by atomic mass is 16.7. The Morgan fingerprint density at radius 1 is 1.00 bits per heavy atom. The number of carbonyl (C=O) groups is 5. The van der Waals surface area contributed by atoms with Gasteiger partial charge in [0.2, 0.25) is 0 Å². The number of ketones is 2. The second kappa shape index (κ2) is 16.3. The molecule has 2 N–H and O–H groups in total. The molecule has 0 bridgehead atoms. The van der Waals surface area contributed by atoms with Crippen LogP contribution in [0.15, 0.2) is 30.3 Å². The fourth-order valence-corrected chi connectivity index (χ4v) is 8.29. The maximum atomic E-state index is 14.3. The summed E-state index contributed by atoms with van der Waals surface area (Å²) >= 11 is 0. The summed E-state index contributed by atoms with van der Waals surface area (Å²) in [6.45, 7) is 13.5. The molecule has 3 heterocycles. The van der Waals surface area contributed by atoms with Crippen LogP contribution < -0.4 is 5.84 Å². The Balaban J connectivity index is 1.80. The second-order valence-corrected chi connectivity index (χ2v) is 15.3. The third kappa shape index (κ3) is 8.06. The van der Waals surface area contributed by atoms with E-state index in [2.05, 4.69) is 0 Å². The maximum absolute atomic E-state index is 14.3. The monoisotopic (exact) mass is 731 g/mol. The third-order valence-corrected chi connectivity index (χ3v) is 11.3. The molecule has 290 valence electrons. The van der Waals surface area contributed by atoms with Gasteiger partial charge in [-0.05, 0) is 73.2 Å². The maximum Gasteiger partial charge on any atom is 0.425 e. The number of nitrogens with zero attached hydrogens (tertiary/aromatic N) is 2. The molecule has 4 rings (SSSR count). The first-order valence-electron chi connectivity index (χ1n) is 18.1. The van der Waals surface area contributed by atoms with E-state index in [0.29, 0.717) is 12.0 Å². The molecule has 3 aliphatic rings. The number of methoxy groups -OCH3 is 1. The molecule has 0 spiro atoms. The molecule has 52 heavy (non-hydrogen) atoms. The van der Waals surface area contributed by atoms with Crippen LogP contribution in [0, 0.1) is 23.7 Å². The van der Waals surface area contributed by atoms with Gasteiger partial charge in [0.1, 0.15) is 23.8 Å². The number of hydrogen-bond donors (Lipinski definition) is 1. The number of esters is 2. The van der Waals surface area contributed by atoms with E-state index in [1.165, 1.54) is 14.0 Å². The molecular formula is C38H57N3O11. The van der Waals surface area contributed by atoms with Gasteiger partial charge in [-0.2, -0.15) is 0 Å². The number of hydrazine groups is 1. The van der Waals surface area contributed by atoms with Crippen molar-refractivity contribution in [3.63, 3.8) is 0 Å². The van der Waals surface area contributed by atoms with Gasteiger partial charge in [0.15, 0.2) is 23.8 Å². The van der Waals surface area contributed by atoms with Crippen LogP contribution in [0.25, 0.3) is 0 Å². The van der Waals surface area contributed by atoms with Crippen LogP contribution in [0.3, 0.4) is 0 Å². The minimum absolute atomic E-state index is 0.0711. The third-order valence-electron chi connectivity index (χ3n) is 11.3. The molecule has 13 atom stereocenters. The zero-order valence-electron chi connectivity index (χ0n) is 32.3. The predicted octanol–water partition coefficient (Wildman–Crippen LogP) is 3.93. The van der Waals surface area contributed by atoms with Crippen molar-refractivity contribution in [3.05, 3.63) is 35.9 Å². The van der Waals surface area contributed by atoms with Gasteiger partial charge < -0.3 is 33.3 Å². The summed E-state index contributed by atoms with van der Waals surface area (Å²) in [4.78, 5) is 70.6. The number of benzene rings is 1. The summed E-state index contributed by atoms with van der Waals surface area (Å²) in [5, 5.41) is 0.884. The number of nitrogens with two attached hydrogens (primary N) is 1. The molecule has 3 aliphatic heterocycles. The van der Waals surface area contributed by atoms with Crippen LogP contribution in [0.4, 0.5) is 4.79 Å². The Bertz CT molecular complexity index is 1470. The fraction of sp³-hybridized carbons (Fsp3) is 0.711. The average molecular weight is 732 g/mol. The van der Waals surface area contributed by atoms with Gasteiger partial charge in [-0.3, -0.25) is 14.4 Å². The Morgan fingerprint density at radius 2 is 1.63 bits per heavy atom. The van der Waals surface area contributed by atoms with Gasteiger partial charge >= 0.3 is 18.0 Å². The summed E-state index contributed by atoms with van der Waals surface area (Å²) in [5.41, 5.74) is -2.46. The number of hydrogen-bond acceptors (Lipinski definition) is 13. The predicted molar refractivity (Wildman–Crippen MR) is 189 cm³/mol. The van der Waals surface area contributed by atoms with Crippen LogP contribution >= 0.6 is 0 Å². The first-order valence-corrected chi connectivity index (χ1v) is 18.1. The first kappa shape index (κ1) is 41.3. The molecule has 3 fully saturated rings. The number of amides is 1. The highest BCUT2D eigenvalue weighted by Gasteiger charge is 2.60. The van der Waals surface area contributed by atoms with Gasteiger partial charge in [-0.25, -0.2) is 20.4 Å². The summed E-state index contributed by atoms with van der Waals surface area (Å²) < 4.78 is 37.1. The Hall–Kier alpha value is -3.43. The highest BCUT2D eigenvalue weighted by Crippen LogP contribution is 2.42. The number of rotatable bonds is 7. The summed E-state index contributed by atoms with van der Waals surface area (Å²) in [7, 11) is 5.21. The molecular weight excluding hydrogens is 674 g/mol. The zero-order chi connectivity index (χ0) is 38.9. The van der Waals surface area contributed by atoms with E-state index >= 15 is 0 Å². The van der Waals surface area contributed by atoms with E-state index in [9.17, 15) is 24.0 Å². The Kier molecular flexibility index (Phi) is 13.0. The quantitative estimate of drug-likeness (QED) is 0.141. The molecule has 1 aromatic carbocycles. The summed E-state index contributed by atoms with van der Waals surface area (Å²) in [6, 6.07) is 7.26. The highest BCUT2D eigenvalue weighted by molar-refractivity contribution is 6.00. The van der Waals surface area contributed by atoms with Crippen molar-refractivity contribution in [1.82, 2.24) is 9.91 Å². The number of ether oxygens (including phenoxy) is 6. The topological polar surface area (TPSA) is 173 Å². The molecule has 3 saturated heterocycles. The molecule has 0 saturated carbocycles. The molecule has 1 amide bonds. The van der Waals surface area contributed by atoms with Gasteiger partial charge in [0.25, 0.3) is 0 Å². The average Bonchev–Trinajstić information content (AvgIpc) is 3.35. The Morgan fingerprint density at radius 3 is 2.21 bits per heavy atom. The van der Waals surface area contributed by atoms with Crippen LogP contribution in [0.1, 0.15) is 85.0 Å². The molecule has 14 nitrogen and oxygen atoms in total. The van der Waals surface area contributed by atoms with Crippen molar-refractivity contribution >= 4 is 29.6 Å². The van der Waals surface area contributed by atoms with E-state index in [-0.39, 0.29) is 30.8 Å². The smallest absolute Gasteiger partial charge is 0.425 e. The van der Waals surface area contributed by atoms with Crippen molar-refractivity contribution in [2.45, 2.75) is 129 Å². The lowest BCUT2D eigenvalue weighted by Crippen LogP contribution is -2.61. The Labute approximate surface area is 306 Å². The minimum Gasteiger partial charge on any atom is -0.458 e. The van der Waals surface area contributed by atoms with Crippen molar-refractivity contribution in [3.8, 4) is 0 Å². The number of fused-ring (bicyclic) bond motifs is 1. The lowest BCUT2D eigenvalue weighted by molar-refractivity contribution is -0.294. The van der Waals surface area contributed by atoms with Gasteiger partial charge in [-0.1, -0.05) is 45.9 Å². The molecule has 0 unspecified atom stereocenters. The van der Waals surface area contributed by atoms with Crippen LogP contribution in [0.5, 0.6) is 0 Å². The van der Waals surface area contributed by atoms with Gasteiger partial charge in [0.05, 0.1) is 29.4 Å².